The largest absolute Gasteiger partial charge is 0.508 e. The van der Waals surface area contributed by atoms with E-state index in [9.17, 15) is 13.5 Å². The number of hydrogen-bond acceptors (Lipinski definition) is 3. The molecule has 0 heterocycles. The van der Waals surface area contributed by atoms with Crippen LogP contribution in [0.25, 0.3) is 0 Å². The van der Waals surface area contributed by atoms with Crippen LogP contribution in [-0.4, -0.2) is 20.1 Å². The molecule has 0 atom stereocenters. The molecule has 17 heavy (non-hydrogen) atoms. The first kappa shape index (κ1) is 14.0. The summed E-state index contributed by atoms with van der Waals surface area (Å²) in [6.07, 6.45) is 0.884. The van der Waals surface area contributed by atoms with E-state index in [-0.39, 0.29) is 16.1 Å². The van der Waals surface area contributed by atoms with Gasteiger partial charge in [0.05, 0.1) is 4.90 Å². The molecule has 5 heteroatoms. The number of nitrogens with one attached hydrogen (secondary N) is 1. The van der Waals surface area contributed by atoms with E-state index in [0.717, 1.165) is 6.42 Å². The van der Waals surface area contributed by atoms with Gasteiger partial charge in [-0.05, 0) is 30.0 Å². The summed E-state index contributed by atoms with van der Waals surface area (Å²) in [5, 5.41) is 9.26. The van der Waals surface area contributed by atoms with Crippen LogP contribution >= 0.6 is 0 Å². The van der Waals surface area contributed by atoms with Crippen LogP contribution in [0, 0.1) is 5.41 Å². The predicted molar refractivity (Wildman–Crippen MR) is 67.4 cm³/mol. The molecule has 0 aliphatic rings. The van der Waals surface area contributed by atoms with Crippen LogP contribution in [0.2, 0.25) is 0 Å². The van der Waals surface area contributed by atoms with E-state index in [0.29, 0.717) is 6.54 Å². The van der Waals surface area contributed by atoms with Crippen molar-refractivity contribution in [3.63, 3.8) is 0 Å². The molecule has 0 aromatic heterocycles. The number of benzene rings is 1. The van der Waals surface area contributed by atoms with E-state index in [1.165, 1.54) is 24.3 Å². The summed E-state index contributed by atoms with van der Waals surface area (Å²) >= 11 is 0. The Kier molecular flexibility index (Phi) is 4.16. The van der Waals surface area contributed by atoms with E-state index < -0.39 is 10.0 Å². The van der Waals surface area contributed by atoms with E-state index in [1.54, 1.807) is 0 Å². The van der Waals surface area contributed by atoms with Crippen LogP contribution < -0.4 is 4.72 Å². The Bertz CT molecular complexity index is 480. The maximum atomic E-state index is 11.9. The fraction of sp³-hybridized carbons (Fsp3) is 0.500. The molecule has 0 saturated carbocycles. The Balaban J connectivity index is 2.83. The van der Waals surface area contributed by atoms with Crippen molar-refractivity contribution in [1.29, 1.82) is 0 Å². The number of rotatable bonds is 5. The number of aromatic hydroxyl groups is 1. The Hall–Kier alpha value is -1.07. The van der Waals surface area contributed by atoms with Gasteiger partial charge in [-0.2, -0.15) is 0 Å². The predicted octanol–water partition coefficient (Wildman–Crippen LogP) is 2.11. The minimum atomic E-state index is -3.54. The van der Waals surface area contributed by atoms with Gasteiger partial charge in [0.2, 0.25) is 10.0 Å². The molecule has 0 radical (unpaired) electrons. The molecule has 0 fully saturated rings. The fourth-order valence-corrected chi connectivity index (χ4v) is 2.43. The van der Waals surface area contributed by atoms with E-state index in [1.807, 2.05) is 20.8 Å². The summed E-state index contributed by atoms with van der Waals surface area (Å²) in [5.41, 5.74) is -0.0795. The SMILES string of the molecule is CCC(C)(C)CNS(=O)(=O)c1cccc(O)c1. The Labute approximate surface area is 103 Å². The summed E-state index contributed by atoms with van der Waals surface area (Å²) in [5.74, 6) is -0.0531. The molecule has 0 bridgehead atoms. The zero-order chi connectivity index (χ0) is 13.1. The highest BCUT2D eigenvalue weighted by Gasteiger charge is 2.20. The summed E-state index contributed by atoms with van der Waals surface area (Å²) in [6, 6.07) is 5.64. The zero-order valence-corrected chi connectivity index (χ0v) is 11.2. The van der Waals surface area contributed by atoms with Gasteiger partial charge in [0.1, 0.15) is 5.75 Å². The van der Waals surface area contributed by atoms with Crippen molar-refractivity contribution in [1.82, 2.24) is 4.72 Å². The average molecular weight is 257 g/mol. The van der Waals surface area contributed by atoms with Crippen LogP contribution in [0.4, 0.5) is 0 Å². The normalized spacial score (nSPS) is 12.6. The molecule has 1 aromatic rings. The molecular weight excluding hydrogens is 238 g/mol. The highest BCUT2D eigenvalue weighted by atomic mass is 32.2. The molecule has 0 amide bonds. The molecule has 4 nitrogen and oxygen atoms in total. The molecule has 1 rings (SSSR count). The minimum absolute atomic E-state index is 0.0531. The van der Waals surface area contributed by atoms with Crippen LogP contribution in [-0.2, 0) is 10.0 Å². The lowest BCUT2D eigenvalue weighted by atomic mass is 9.91. The van der Waals surface area contributed by atoms with Crippen molar-refractivity contribution < 1.29 is 13.5 Å². The van der Waals surface area contributed by atoms with Crippen molar-refractivity contribution >= 4 is 10.0 Å². The lowest BCUT2D eigenvalue weighted by Gasteiger charge is -2.22. The van der Waals surface area contributed by atoms with Gasteiger partial charge in [0.25, 0.3) is 0 Å². The number of phenolic OH excluding ortho intramolecular Hbond substituents is 1. The molecule has 0 aliphatic carbocycles. The van der Waals surface area contributed by atoms with Crippen LogP contribution in [0.1, 0.15) is 27.2 Å². The highest BCUT2D eigenvalue weighted by Crippen LogP contribution is 2.20. The molecular formula is C12H19NO3S. The van der Waals surface area contributed by atoms with Gasteiger partial charge in [0, 0.05) is 6.54 Å². The first-order valence-electron chi connectivity index (χ1n) is 5.55. The lowest BCUT2D eigenvalue weighted by molar-refractivity contribution is 0.350. The second kappa shape index (κ2) is 5.06. The van der Waals surface area contributed by atoms with Crippen molar-refractivity contribution in [3.05, 3.63) is 24.3 Å². The van der Waals surface area contributed by atoms with Gasteiger partial charge >= 0.3 is 0 Å². The van der Waals surface area contributed by atoms with Crippen LogP contribution in [0.3, 0.4) is 0 Å². The molecule has 0 unspecified atom stereocenters. The fourth-order valence-electron chi connectivity index (χ4n) is 1.15. The molecule has 0 saturated heterocycles. The Morgan fingerprint density at radius 1 is 1.35 bits per heavy atom. The Morgan fingerprint density at radius 2 is 2.00 bits per heavy atom. The summed E-state index contributed by atoms with van der Waals surface area (Å²) in [6.45, 7) is 6.39. The smallest absolute Gasteiger partial charge is 0.240 e. The van der Waals surface area contributed by atoms with E-state index in [2.05, 4.69) is 4.72 Å². The maximum absolute atomic E-state index is 11.9. The first-order chi connectivity index (χ1) is 7.77. The zero-order valence-electron chi connectivity index (χ0n) is 10.4. The number of phenols is 1. The summed E-state index contributed by atoms with van der Waals surface area (Å²) in [4.78, 5) is 0.0874. The van der Waals surface area contributed by atoms with Gasteiger partial charge in [0.15, 0.2) is 0 Å². The van der Waals surface area contributed by atoms with Crippen molar-refractivity contribution in [2.24, 2.45) is 5.41 Å². The van der Waals surface area contributed by atoms with Gasteiger partial charge in [-0.15, -0.1) is 0 Å². The standard InChI is InChI=1S/C12H19NO3S/c1-4-12(2,3)9-13-17(15,16)11-7-5-6-10(14)8-11/h5-8,13-14H,4,9H2,1-3H3. The van der Waals surface area contributed by atoms with Gasteiger partial charge in [-0.1, -0.05) is 26.8 Å². The third-order valence-corrected chi connectivity index (χ3v) is 4.22. The van der Waals surface area contributed by atoms with E-state index >= 15 is 0 Å². The second-order valence-electron chi connectivity index (χ2n) is 4.84. The minimum Gasteiger partial charge on any atom is -0.508 e. The monoisotopic (exact) mass is 257 g/mol. The van der Waals surface area contributed by atoms with Crippen LogP contribution in [0.15, 0.2) is 29.2 Å². The Morgan fingerprint density at radius 3 is 2.53 bits per heavy atom. The molecule has 0 aliphatic heterocycles. The van der Waals surface area contributed by atoms with Crippen molar-refractivity contribution in [3.8, 4) is 5.75 Å². The highest BCUT2D eigenvalue weighted by molar-refractivity contribution is 7.89. The quantitative estimate of drug-likeness (QED) is 0.849. The number of hydrogen-bond donors (Lipinski definition) is 2. The van der Waals surface area contributed by atoms with Crippen molar-refractivity contribution in [2.45, 2.75) is 32.1 Å². The first-order valence-corrected chi connectivity index (χ1v) is 7.04. The average Bonchev–Trinajstić information content (AvgIpc) is 2.27. The number of sulfonamides is 1. The molecule has 1 aromatic carbocycles. The molecule has 0 spiro atoms. The third-order valence-electron chi connectivity index (χ3n) is 2.83. The van der Waals surface area contributed by atoms with Crippen LogP contribution in [0.5, 0.6) is 5.75 Å². The van der Waals surface area contributed by atoms with Gasteiger partial charge in [-0.25, -0.2) is 13.1 Å². The van der Waals surface area contributed by atoms with Gasteiger partial charge < -0.3 is 5.11 Å². The molecule has 2 N–H and O–H groups in total. The summed E-state index contributed by atoms with van der Waals surface area (Å²) < 4.78 is 26.4. The summed E-state index contributed by atoms with van der Waals surface area (Å²) in [7, 11) is -3.54. The molecule has 96 valence electrons. The van der Waals surface area contributed by atoms with Crippen molar-refractivity contribution in [2.75, 3.05) is 6.54 Å². The van der Waals surface area contributed by atoms with E-state index in [4.69, 9.17) is 0 Å². The maximum Gasteiger partial charge on any atom is 0.240 e. The second-order valence-corrected chi connectivity index (χ2v) is 6.61. The topological polar surface area (TPSA) is 66.4 Å². The third kappa shape index (κ3) is 4.02. The lowest BCUT2D eigenvalue weighted by Crippen LogP contribution is -2.33. The van der Waals surface area contributed by atoms with Gasteiger partial charge in [-0.3, -0.25) is 0 Å².